The summed E-state index contributed by atoms with van der Waals surface area (Å²) in [6, 6.07) is 10.5. The molecule has 1 aromatic heterocycles. The van der Waals surface area contributed by atoms with E-state index < -0.39 is 0 Å². The van der Waals surface area contributed by atoms with Gasteiger partial charge in [0.05, 0.1) is 0 Å². The molecule has 0 N–H and O–H groups in total. The van der Waals surface area contributed by atoms with E-state index >= 15 is 0 Å². The summed E-state index contributed by atoms with van der Waals surface area (Å²) in [5.41, 5.74) is 1.06. The fourth-order valence-corrected chi connectivity index (χ4v) is 4.24. The van der Waals surface area contributed by atoms with Crippen LogP contribution in [0.25, 0.3) is 11.4 Å². The van der Waals surface area contributed by atoms with Crippen LogP contribution in [0.4, 0.5) is 0 Å². The molecular weight excluding hydrogens is 332 g/mol. The highest BCUT2D eigenvalue weighted by Gasteiger charge is 2.24. The van der Waals surface area contributed by atoms with Crippen LogP contribution in [0, 0.1) is 0 Å². The first-order chi connectivity index (χ1) is 12.2. The Bertz CT molecular complexity index is 701. The Morgan fingerprint density at radius 1 is 1.24 bits per heavy atom. The van der Waals surface area contributed by atoms with Gasteiger partial charge >= 0.3 is 0 Å². The normalized spacial score (nSPS) is 17.7. The number of rotatable bonds is 6. The molecule has 0 radical (unpaired) electrons. The summed E-state index contributed by atoms with van der Waals surface area (Å²) in [5, 5.41) is 9.44. The predicted octanol–water partition coefficient (Wildman–Crippen LogP) is 3.76. The number of amides is 1. The van der Waals surface area contributed by atoms with Crippen molar-refractivity contribution < 1.29 is 4.79 Å². The zero-order chi connectivity index (χ0) is 17.6. The Labute approximate surface area is 153 Å². The first-order valence-corrected chi connectivity index (χ1v) is 10.1. The number of piperidine rings is 1. The van der Waals surface area contributed by atoms with Gasteiger partial charge in [0.25, 0.3) is 0 Å². The fraction of sp³-hybridized carbons (Fsp3) is 0.526. The minimum Gasteiger partial charge on any atom is -0.340 e. The van der Waals surface area contributed by atoms with E-state index in [-0.39, 0.29) is 5.91 Å². The van der Waals surface area contributed by atoms with E-state index in [2.05, 4.69) is 22.0 Å². The highest BCUT2D eigenvalue weighted by atomic mass is 32.2. The van der Waals surface area contributed by atoms with Gasteiger partial charge in [0.1, 0.15) is 0 Å². The number of likely N-dealkylation sites (tertiary alicyclic amines) is 1. The summed E-state index contributed by atoms with van der Waals surface area (Å²) >= 11 is 1.61. The number of nitrogens with zero attached hydrogens (tertiary/aromatic N) is 4. The van der Waals surface area contributed by atoms with Crippen LogP contribution in [-0.4, -0.2) is 43.9 Å². The molecular formula is C19H26N4OS. The molecule has 2 heterocycles. The van der Waals surface area contributed by atoms with Crippen molar-refractivity contribution in [3.05, 3.63) is 30.3 Å². The van der Waals surface area contributed by atoms with Gasteiger partial charge in [0, 0.05) is 37.4 Å². The van der Waals surface area contributed by atoms with Crippen LogP contribution in [0.3, 0.4) is 0 Å². The lowest BCUT2D eigenvalue weighted by atomic mass is 10.00. The summed E-state index contributed by atoms with van der Waals surface area (Å²) < 4.78 is 2.00. The molecule has 6 heteroatoms. The number of carbonyl (C=O) groups is 1. The molecule has 0 bridgehead atoms. The lowest BCUT2D eigenvalue weighted by molar-refractivity contribution is -0.134. The van der Waals surface area contributed by atoms with Crippen molar-refractivity contribution in [3.63, 3.8) is 0 Å². The third-order valence-electron chi connectivity index (χ3n) is 4.83. The predicted molar refractivity (Wildman–Crippen MR) is 101 cm³/mol. The van der Waals surface area contributed by atoms with Crippen LogP contribution in [0.15, 0.2) is 35.5 Å². The number of thioether (sulfide) groups is 1. The first kappa shape index (κ1) is 18.0. The molecule has 1 fully saturated rings. The van der Waals surface area contributed by atoms with Crippen LogP contribution in [-0.2, 0) is 11.8 Å². The maximum Gasteiger partial charge on any atom is 0.223 e. The second-order valence-corrected chi connectivity index (χ2v) is 7.54. The highest BCUT2D eigenvalue weighted by molar-refractivity contribution is 7.99. The Kier molecular flexibility index (Phi) is 6.13. The molecule has 0 spiro atoms. The summed E-state index contributed by atoms with van der Waals surface area (Å²) in [4.78, 5) is 14.6. The average Bonchev–Trinajstić information content (AvgIpc) is 3.03. The minimum atomic E-state index is 0.282. The molecule has 3 rings (SSSR count). The second kappa shape index (κ2) is 8.52. The number of benzene rings is 1. The monoisotopic (exact) mass is 358 g/mol. The van der Waals surface area contributed by atoms with Gasteiger partial charge in [-0.3, -0.25) is 4.79 Å². The van der Waals surface area contributed by atoms with Crippen molar-refractivity contribution in [1.82, 2.24) is 19.7 Å². The topological polar surface area (TPSA) is 51.0 Å². The molecule has 1 amide bonds. The van der Waals surface area contributed by atoms with Gasteiger partial charge < -0.3 is 9.47 Å². The van der Waals surface area contributed by atoms with E-state index in [4.69, 9.17) is 0 Å². The standard InChI is InChI=1S/C19H26N4OS/c1-3-16-11-7-8-13-23(16)17(24)12-14-25-19-21-20-18(22(19)2)15-9-5-4-6-10-15/h4-6,9-10,16H,3,7-8,11-14H2,1-2H3. The number of carbonyl (C=O) groups excluding carboxylic acids is 1. The van der Waals surface area contributed by atoms with Crippen molar-refractivity contribution >= 4 is 17.7 Å². The van der Waals surface area contributed by atoms with E-state index in [0.29, 0.717) is 12.5 Å². The molecule has 1 aliphatic rings. The molecule has 0 saturated carbocycles. The molecule has 1 aromatic carbocycles. The van der Waals surface area contributed by atoms with E-state index in [1.165, 1.54) is 6.42 Å². The lowest BCUT2D eigenvalue weighted by Crippen LogP contribution is -2.43. The largest absolute Gasteiger partial charge is 0.340 e. The third kappa shape index (κ3) is 4.24. The summed E-state index contributed by atoms with van der Waals surface area (Å²) in [6.07, 6.45) is 5.16. The molecule has 1 aliphatic heterocycles. The number of aromatic nitrogens is 3. The van der Waals surface area contributed by atoms with E-state index in [1.807, 2.05) is 41.9 Å². The van der Waals surface area contributed by atoms with Gasteiger partial charge in [-0.1, -0.05) is 49.0 Å². The average molecular weight is 359 g/mol. The maximum atomic E-state index is 12.5. The molecule has 0 aliphatic carbocycles. The number of hydrogen-bond acceptors (Lipinski definition) is 4. The van der Waals surface area contributed by atoms with Gasteiger partial charge in [-0.2, -0.15) is 0 Å². The van der Waals surface area contributed by atoms with Crippen LogP contribution in [0.1, 0.15) is 39.0 Å². The van der Waals surface area contributed by atoms with E-state index in [1.54, 1.807) is 11.8 Å². The van der Waals surface area contributed by atoms with Crippen molar-refractivity contribution in [3.8, 4) is 11.4 Å². The van der Waals surface area contributed by atoms with Crippen LogP contribution >= 0.6 is 11.8 Å². The lowest BCUT2D eigenvalue weighted by Gasteiger charge is -2.35. The molecule has 1 atom stereocenters. The fourth-order valence-electron chi connectivity index (χ4n) is 3.41. The van der Waals surface area contributed by atoms with Crippen molar-refractivity contribution in [2.24, 2.45) is 7.05 Å². The zero-order valence-electron chi connectivity index (χ0n) is 15.0. The highest BCUT2D eigenvalue weighted by Crippen LogP contribution is 2.24. The molecule has 5 nitrogen and oxygen atoms in total. The smallest absolute Gasteiger partial charge is 0.223 e. The molecule has 134 valence electrons. The third-order valence-corrected chi connectivity index (χ3v) is 5.85. The molecule has 1 unspecified atom stereocenters. The van der Waals surface area contributed by atoms with Crippen molar-refractivity contribution in [2.45, 2.75) is 50.2 Å². The quantitative estimate of drug-likeness (QED) is 0.738. The molecule has 1 saturated heterocycles. The van der Waals surface area contributed by atoms with Crippen LogP contribution in [0.5, 0.6) is 0 Å². The van der Waals surface area contributed by atoms with Crippen LogP contribution < -0.4 is 0 Å². The maximum absolute atomic E-state index is 12.5. The van der Waals surface area contributed by atoms with Gasteiger partial charge in [0.15, 0.2) is 11.0 Å². The zero-order valence-corrected chi connectivity index (χ0v) is 15.8. The van der Waals surface area contributed by atoms with Crippen molar-refractivity contribution in [2.75, 3.05) is 12.3 Å². The minimum absolute atomic E-state index is 0.282. The van der Waals surface area contributed by atoms with Gasteiger partial charge in [-0.15, -0.1) is 10.2 Å². The SMILES string of the molecule is CCC1CCCCN1C(=O)CCSc1nnc(-c2ccccc2)n1C. The summed E-state index contributed by atoms with van der Waals surface area (Å²) in [7, 11) is 1.98. The second-order valence-electron chi connectivity index (χ2n) is 6.47. The summed E-state index contributed by atoms with van der Waals surface area (Å²) in [6.45, 7) is 3.10. The Balaban J connectivity index is 1.56. The molecule has 2 aromatic rings. The molecule has 25 heavy (non-hydrogen) atoms. The summed E-state index contributed by atoms with van der Waals surface area (Å²) in [5.74, 6) is 1.88. The number of hydrogen-bond donors (Lipinski definition) is 0. The van der Waals surface area contributed by atoms with Gasteiger partial charge in [0.2, 0.25) is 5.91 Å². The Morgan fingerprint density at radius 3 is 2.80 bits per heavy atom. The van der Waals surface area contributed by atoms with Gasteiger partial charge in [-0.05, 0) is 25.7 Å². The first-order valence-electron chi connectivity index (χ1n) is 9.07. The van der Waals surface area contributed by atoms with E-state index in [0.717, 1.165) is 48.1 Å². The Morgan fingerprint density at radius 2 is 2.04 bits per heavy atom. The van der Waals surface area contributed by atoms with Crippen LogP contribution in [0.2, 0.25) is 0 Å². The Hall–Kier alpha value is -1.82. The van der Waals surface area contributed by atoms with E-state index in [9.17, 15) is 4.79 Å². The van der Waals surface area contributed by atoms with Gasteiger partial charge in [-0.25, -0.2) is 0 Å². The van der Waals surface area contributed by atoms with Crippen molar-refractivity contribution in [1.29, 1.82) is 0 Å².